The first-order valence-electron chi connectivity index (χ1n) is 8.99. The van der Waals surface area contributed by atoms with E-state index in [1.54, 1.807) is 7.11 Å². The monoisotopic (exact) mass is 361 g/mol. The number of halogens is 1. The number of likely N-dealkylation sites (tertiary alicyclic amines) is 1. The van der Waals surface area contributed by atoms with Crippen molar-refractivity contribution < 1.29 is 4.74 Å². The zero-order valence-electron chi connectivity index (χ0n) is 15.8. The second kappa shape index (κ2) is 7.38. The summed E-state index contributed by atoms with van der Waals surface area (Å²) in [7, 11) is 3.96. The zero-order chi connectivity index (χ0) is 18.1. The second-order valence-electron chi connectivity index (χ2n) is 7.21. The van der Waals surface area contributed by atoms with Crippen LogP contribution < -0.4 is 4.74 Å². The van der Waals surface area contributed by atoms with E-state index in [-0.39, 0.29) is 6.04 Å². The molecule has 136 valence electrons. The number of aromatic nitrogens is 2. The van der Waals surface area contributed by atoms with Gasteiger partial charge < -0.3 is 9.64 Å². The molecule has 0 N–H and O–H groups in total. The molecule has 1 saturated heterocycles. The van der Waals surface area contributed by atoms with Crippen LogP contribution in [-0.2, 0) is 0 Å². The number of nitrogens with zero attached hydrogens (tertiary/aromatic N) is 3. The van der Waals surface area contributed by atoms with Crippen molar-refractivity contribution in [3.8, 4) is 5.75 Å². The van der Waals surface area contributed by atoms with Crippen LogP contribution in [0.2, 0.25) is 5.02 Å². The van der Waals surface area contributed by atoms with Gasteiger partial charge in [0, 0.05) is 22.3 Å². The summed E-state index contributed by atoms with van der Waals surface area (Å²) in [6.45, 7) is 8.50. The van der Waals surface area contributed by atoms with Crippen LogP contribution in [0.3, 0.4) is 0 Å². The number of hydrogen-bond acceptors (Lipinski definition) is 3. The molecule has 3 rings (SSSR count). The number of aryl methyl sites for hydroxylation is 1. The Morgan fingerprint density at radius 3 is 2.52 bits per heavy atom. The molecule has 1 aliphatic heterocycles. The van der Waals surface area contributed by atoms with Gasteiger partial charge in [-0.15, -0.1) is 0 Å². The lowest BCUT2D eigenvalue weighted by molar-refractivity contribution is 0.252. The first-order valence-corrected chi connectivity index (χ1v) is 9.37. The second-order valence-corrected chi connectivity index (χ2v) is 7.62. The maximum absolute atomic E-state index is 6.64. The molecular weight excluding hydrogens is 334 g/mol. The fraction of sp³-hybridized carbons (Fsp3) is 0.550. The summed E-state index contributed by atoms with van der Waals surface area (Å²) >= 11 is 6.64. The molecule has 0 saturated carbocycles. The Morgan fingerprint density at radius 2 is 1.96 bits per heavy atom. The average Bonchev–Trinajstić information content (AvgIpc) is 3.03. The Labute approximate surface area is 155 Å². The normalized spacial score (nSPS) is 17.7. The lowest BCUT2D eigenvalue weighted by atomic mass is 9.84. The summed E-state index contributed by atoms with van der Waals surface area (Å²) in [5, 5.41) is 5.40. The molecular formula is C20H28ClN3O. The molecule has 1 atom stereocenters. The van der Waals surface area contributed by atoms with Gasteiger partial charge in [-0.05, 0) is 77.4 Å². The fourth-order valence-electron chi connectivity index (χ4n) is 3.88. The summed E-state index contributed by atoms with van der Waals surface area (Å²) in [5.74, 6) is 1.48. The Hall–Kier alpha value is -1.52. The molecule has 5 heteroatoms. The number of benzene rings is 1. The molecule has 1 aromatic carbocycles. The summed E-state index contributed by atoms with van der Waals surface area (Å²) in [6.07, 6.45) is 4.30. The van der Waals surface area contributed by atoms with Crippen LogP contribution in [0.4, 0.5) is 0 Å². The van der Waals surface area contributed by atoms with E-state index in [1.807, 2.05) is 23.9 Å². The number of piperidine rings is 1. The Kier molecular flexibility index (Phi) is 5.40. The van der Waals surface area contributed by atoms with Crippen LogP contribution in [0.25, 0.3) is 0 Å². The number of methoxy groups -OCH3 is 1. The predicted molar refractivity (Wildman–Crippen MR) is 103 cm³/mol. The fourth-order valence-corrected chi connectivity index (χ4v) is 4.10. The molecule has 0 radical (unpaired) electrons. The van der Waals surface area contributed by atoms with Crippen molar-refractivity contribution in [3.05, 3.63) is 45.7 Å². The van der Waals surface area contributed by atoms with Gasteiger partial charge in [-0.1, -0.05) is 11.6 Å². The van der Waals surface area contributed by atoms with Crippen molar-refractivity contribution in [1.29, 1.82) is 0 Å². The smallest absolute Gasteiger partial charge is 0.128 e. The topological polar surface area (TPSA) is 30.3 Å². The van der Waals surface area contributed by atoms with E-state index in [2.05, 4.69) is 37.0 Å². The minimum atomic E-state index is 0.0757. The van der Waals surface area contributed by atoms with Gasteiger partial charge in [0.2, 0.25) is 0 Å². The highest BCUT2D eigenvalue weighted by atomic mass is 35.5. The standard InChI is InChI=1S/C20H28ClN3O/c1-13-6-11-24(22-13)15(3)17-12-18(21)14(2)19(20(17)25-5)16-7-9-23(4)10-8-16/h6,11-12,15-16H,7-10H2,1-5H3. The molecule has 1 unspecified atom stereocenters. The van der Waals surface area contributed by atoms with E-state index in [0.29, 0.717) is 5.92 Å². The van der Waals surface area contributed by atoms with Crippen molar-refractivity contribution in [1.82, 2.24) is 14.7 Å². The van der Waals surface area contributed by atoms with Gasteiger partial charge in [-0.2, -0.15) is 5.10 Å². The van der Waals surface area contributed by atoms with Crippen LogP contribution in [0.1, 0.15) is 54.1 Å². The number of rotatable bonds is 4. The first-order chi connectivity index (χ1) is 11.9. The highest BCUT2D eigenvalue weighted by molar-refractivity contribution is 6.31. The summed E-state index contributed by atoms with van der Waals surface area (Å²) < 4.78 is 7.91. The van der Waals surface area contributed by atoms with E-state index in [0.717, 1.165) is 53.5 Å². The van der Waals surface area contributed by atoms with E-state index in [1.165, 1.54) is 5.56 Å². The number of hydrogen-bond donors (Lipinski definition) is 0. The molecule has 0 bridgehead atoms. The molecule has 1 aromatic heterocycles. The van der Waals surface area contributed by atoms with Crippen LogP contribution in [0.15, 0.2) is 18.3 Å². The van der Waals surface area contributed by atoms with Crippen LogP contribution in [-0.4, -0.2) is 41.9 Å². The van der Waals surface area contributed by atoms with Crippen LogP contribution in [0.5, 0.6) is 5.75 Å². The number of ether oxygens (including phenoxy) is 1. The lowest BCUT2D eigenvalue weighted by Gasteiger charge is -2.32. The molecule has 0 aliphatic carbocycles. The zero-order valence-corrected chi connectivity index (χ0v) is 16.6. The third-order valence-electron chi connectivity index (χ3n) is 5.47. The van der Waals surface area contributed by atoms with Crippen LogP contribution >= 0.6 is 11.6 Å². The molecule has 25 heavy (non-hydrogen) atoms. The third kappa shape index (κ3) is 3.56. The van der Waals surface area contributed by atoms with Gasteiger partial charge in [0.1, 0.15) is 5.75 Å². The Balaban J connectivity index is 2.07. The minimum Gasteiger partial charge on any atom is -0.496 e. The van der Waals surface area contributed by atoms with Gasteiger partial charge in [-0.3, -0.25) is 4.68 Å². The lowest BCUT2D eigenvalue weighted by Crippen LogP contribution is -2.29. The predicted octanol–water partition coefficient (Wildman–Crippen LogP) is 4.58. The van der Waals surface area contributed by atoms with Gasteiger partial charge in [0.05, 0.1) is 18.8 Å². The summed E-state index contributed by atoms with van der Waals surface area (Å²) in [6, 6.07) is 4.15. The van der Waals surface area contributed by atoms with Crippen molar-refractivity contribution in [2.24, 2.45) is 0 Å². The van der Waals surface area contributed by atoms with Gasteiger partial charge in [-0.25, -0.2) is 0 Å². The van der Waals surface area contributed by atoms with E-state index in [9.17, 15) is 0 Å². The Bertz CT molecular complexity index is 748. The van der Waals surface area contributed by atoms with Crippen molar-refractivity contribution in [2.45, 2.75) is 45.6 Å². The maximum Gasteiger partial charge on any atom is 0.128 e. The van der Waals surface area contributed by atoms with E-state index >= 15 is 0 Å². The van der Waals surface area contributed by atoms with Gasteiger partial charge in [0.15, 0.2) is 0 Å². The van der Waals surface area contributed by atoms with E-state index < -0.39 is 0 Å². The molecule has 0 spiro atoms. The largest absolute Gasteiger partial charge is 0.496 e. The van der Waals surface area contributed by atoms with Crippen LogP contribution in [0, 0.1) is 13.8 Å². The molecule has 4 nitrogen and oxygen atoms in total. The summed E-state index contributed by atoms with van der Waals surface area (Å²) in [4.78, 5) is 2.39. The Morgan fingerprint density at radius 1 is 1.28 bits per heavy atom. The molecule has 2 aromatic rings. The van der Waals surface area contributed by atoms with Crippen molar-refractivity contribution in [3.63, 3.8) is 0 Å². The van der Waals surface area contributed by atoms with Gasteiger partial charge >= 0.3 is 0 Å². The molecule has 2 heterocycles. The van der Waals surface area contributed by atoms with E-state index in [4.69, 9.17) is 16.3 Å². The van der Waals surface area contributed by atoms with Crippen molar-refractivity contribution >= 4 is 11.6 Å². The first kappa shape index (κ1) is 18.3. The molecule has 1 fully saturated rings. The highest BCUT2D eigenvalue weighted by Gasteiger charge is 2.28. The van der Waals surface area contributed by atoms with Gasteiger partial charge in [0.25, 0.3) is 0 Å². The quantitative estimate of drug-likeness (QED) is 0.798. The SMILES string of the molecule is COc1c(C(C)n2ccc(C)n2)cc(Cl)c(C)c1C1CCN(C)CC1. The molecule has 0 amide bonds. The molecule has 1 aliphatic rings. The summed E-state index contributed by atoms with van der Waals surface area (Å²) in [5.41, 5.74) is 4.56. The maximum atomic E-state index is 6.64. The van der Waals surface area contributed by atoms with Crippen molar-refractivity contribution in [2.75, 3.05) is 27.2 Å². The average molecular weight is 362 g/mol. The minimum absolute atomic E-state index is 0.0757. The third-order valence-corrected chi connectivity index (χ3v) is 5.86. The highest BCUT2D eigenvalue weighted by Crippen LogP contribution is 2.43.